The Morgan fingerprint density at radius 1 is 1.04 bits per heavy atom. The standard InChI is InChI=1S/C20H22FN3O2/c1-15(25)16-3-2-4-18(13-16)22-20(26)14-23-9-11-24(12-10-23)19-7-5-17(21)6-8-19/h2-8,13H,9-12,14H2,1H3,(H,22,26). The molecule has 1 aliphatic rings. The van der Waals surface area contributed by atoms with E-state index in [1.807, 2.05) is 0 Å². The number of hydrogen-bond acceptors (Lipinski definition) is 4. The molecular weight excluding hydrogens is 333 g/mol. The molecule has 3 rings (SSSR count). The van der Waals surface area contributed by atoms with Crippen LogP contribution < -0.4 is 10.2 Å². The molecule has 0 atom stereocenters. The van der Waals surface area contributed by atoms with Crippen molar-refractivity contribution in [2.75, 3.05) is 42.9 Å². The average Bonchev–Trinajstić information content (AvgIpc) is 2.63. The van der Waals surface area contributed by atoms with Crippen molar-refractivity contribution in [3.63, 3.8) is 0 Å². The normalized spacial score (nSPS) is 14.9. The molecule has 1 N–H and O–H groups in total. The Morgan fingerprint density at radius 2 is 1.73 bits per heavy atom. The molecule has 0 aliphatic carbocycles. The minimum atomic E-state index is -0.238. The fourth-order valence-electron chi connectivity index (χ4n) is 3.04. The molecule has 0 aromatic heterocycles. The van der Waals surface area contributed by atoms with Crippen LogP contribution in [0.1, 0.15) is 17.3 Å². The van der Waals surface area contributed by atoms with Crippen LogP contribution in [0.2, 0.25) is 0 Å². The van der Waals surface area contributed by atoms with Crippen molar-refractivity contribution >= 4 is 23.1 Å². The zero-order valence-corrected chi connectivity index (χ0v) is 14.7. The van der Waals surface area contributed by atoms with Crippen LogP contribution in [-0.4, -0.2) is 49.3 Å². The van der Waals surface area contributed by atoms with E-state index in [2.05, 4.69) is 15.1 Å². The molecule has 0 saturated carbocycles. The van der Waals surface area contributed by atoms with Gasteiger partial charge in [-0.25, -0.2) is 4.39 Å². The van der Waals surface area contributed by atoms with Gasteiger partial charge in [-0.15, -0.1) is 0 Å². The SMILES string of the molecule is CC(=O)c1cccc(NC(=O)CN2CCN(c3ccc(F)cc3)CC2)c1. The summed E-state index contributed by atoms with van der Waals surface area (Å²) < 4.78 is 13.0. The predicted octanol–water partition coefficient (Wildman–Crippen LogP) is 2.79. The zero-order valence-electron chi connectivity index (χ0n) is 14.7. The van der Waals surface area contributed by atoms with Gasteiger partial charge >= 0.3 is 0 Å². The first kappa shape index (κ1) is 18.1. The summed E-state index contributed by atoms with van der Waals surface area (Å²) in [5.41, 5.74) is 2.21. The number of ketones is 1. The predicted molar refractivity (Wildman–Crippen MR) is 100 cm³/mol. The number of carbonyl (C=O) groups is 2. The van der Waals surface area contributed by atoms with Crippen LogP contribution in [0.5, 0.6) is 0 Å². The second-order valence-electron chi connectivity index (χ2n) is 6.42. The highest BCUT2D eigenvalue weighted by molar-refractivity contribution is 5.97. The van der Waals surface area contributed by atoms with Gasteiger partial charge < -0.3 is 10.2 Å². The Kier molecular flexibility index (Phi) is 5.63. The molecule has 136 valence electrons. The number of piperazine rings is 1. The van der Waals surface area contributed by atoms with Crippen LogP contribution in [0, 0.1) is 5.82 Å². The molecule has 6 heteroatoms. The van der Waals surface area contributed by atoms with Gasteiger partial charge in [-0.2, -0.15) is 0 Å². The molecule has 1 aliphatic heterocycles. The molecule has 26 heavy (non-hydrogen) atoms. The molecule has 0 unspecified atom stereocenters. The van der Waals surface area contributed by atoms with E-state index in [-0.39, 0.29) is 17.5 Å². The molecule has 1 amide bonds. The number of hydrogen-bond donors (Lipinski definition) is 1. The molecule has 0 bridgehead atoms. The number of carbonyl (C=O) groups excluding carboxylic acids is 2. The lowest BCUT2D eigenvalue weighted by Gasteiger charge is -2.35. The maximum absolute atomic E-state index is 13.0. The van der Waals surface area contributed by atoms with Crippen LogP contribution in [-0.2, 0) is 4.79 Å². The summed E-state index contributed by atoms with van der Waals surface area (Å²) in [4.78, 5) is 28.0. The Labute approximate surface area is 152 Å². The maximum Gasteiger partial charge on any atom is 0.238 e. The third-order valence-electron chi connectivity index (χ3n) is 4.48. The summed E-state index contributed by atoms with van der Waals surface area (Å²) in [5, 5.41) is 2.85. The molecular formula is C20H22FN3O2. The third-order valence-corrected chi connectivity index (χ3v) is 4.48. The first-order chi connectivity index (χ1) is 12.5. The summed E-state index contributed by atoms with van der Waals surface area (Å²) in [7, 11) is 0. The molecule has 1 heterocycles. The van der Waals surface area contributed by atoms with E-state index in [4.69, 9.17) is 0 Å². The van der Waals surface area contributed by atoms with E-state index < -0.39 is 0 Å². The van der Waals surface area contributed by atoms with E-state index in [9.17, 15) is 14.0 Å². The first-order valence-corrected chi connectivity index (χ1v) is 8.65. The lowest BCUT2D eigenvalue weighted by molar-refractivity contribution is -0.117. The molecule has 0 radical (unpaired) electrons. The van der Waals surface area contributed by atoms with Gasteiger partial charge in [-0.3, -0.25) is 14.5 Å². The lowest BCUT2D eigenvalue weighted by Crippen LogP contribution is -2.48. The fourth-order valence-corrected chi connectivity index (χ4v) is 3.04. The Balaban J connectivity index is 1.49. The van der Waals surface area contributed by atoms with Crippen molar-refractivity contribution in [3.8, 4) is 0 Å². The third kappa shape index (κ3) is 4.67. The Hall–Kier alpha value is -2.73. The highest BCUT2D eigenvalue weighted by Gasteiger charge is 2.19. The number of halogens is 1. The highest BCUT2D eigenvalue weighted by atomic mass is 19.1. The van der Waals surface area contributed by atoms with Crippen LogP contribution in [0.3, 0.4) is 0 Å². The Morgan fingerprint density at radius 3 is 2.38 bits per heavy atom. The number of anilines is 2. The van der Waals surface area contributed by atoms with Gasteiger partial charge in [-0.05, 0) is 43.3 Å². The monoisotopic (exact) mass is 355 g/mol. The van der Waals surface area contributed by atoms with Crippen molar-refractivity contribution < 1.29 is 14.0 Å². The van der Waals surface area contributed by atoms with E-state index in [1.165, 1.54) is 19.1 Å². The van der Waals surface area contributed by atoms with Gasteiger partial charge in [0.2, 0.25) is 5.91 Å². The van der Waals surface area contributed by atoms with Crippen molar-refractivity contribution in [2.24, 2.45) is 0 Å². The number of rotatable bonds is 5. The minimum Gasteiger partial charge on any atom is -0.369 e. The fraction of sp³-hybridized carbons (Fsp3) is 0.300. The number of nitrogens with zero attached hydrogens (tertiary/aromatic N) is 2. The number of nitrogens with one attached hydrogen (secondary N) is 1. The van der Waals surface area contributed by atoms with Gasteiger partial charge in [0.1, 0.15) is 5.82 Å². The molecule has 1 fully saturated rings. The van der Waals surface area contributed by atoms with E-state index in [0.29, 0.717) is 17.8 Å². The molecule has 1 saturated heterocycles. The summed E-state index contributed by atoms with van der Waals surface area (Å²) in [5.74, 6) is -0.364. The number of Topliss-reactive ketones (excluding diaryl/α,β-unsaturated/α-hetero) is 1. The van der Waals surface area contributed by atoms with Gasteiger partial charge in [0, 0.05) is 43.1 Å². The van der Waals surface area contributed by atoms with Crippen LogP contribution >= 0.6 is 0 Å². The maximum atomic E-state index is 13.0. The highest BCUT2D eigenvalue weighted by Crippen LogP contribution is 2.17. The quantitative estimate of drug-likeness (QED) is 0.838. The minimum absolute atomic E-state index is 0.0296. The van der Waals surface area contributed by atoms with Crippen molar-refractivity contribution in [1.29, 1.82) is 0 Å². The summed E-state index contributed by atoms with van der Waals surface area (Å²) in [6, 6.07) is 13.4. The first-order valence-electron chi connectivity index (χ1n) is 8.65. The average molecular weight is 355 g/mol. The molecule has 2 aromatic rings. The van der Waals surface area contributed by atoms with Crippen molar-refractivity contribution in [3.05, 3.63) is 59.9 Å². The molecule has 2 aromatic carbocycles. The van der Waals surface area contributed by atoms with Crippen molar-refractivity contribution in [2.45, 2.75) is 6.92 Å². The Bertz CT molecular complexity index is 784. The van der Waals surface area contributed by atoms with Crippen LogP contribution in [0.4, 0.5) is 15.8 Å². The van der Waals surface area contributed by atoms with E-state index in [0.717, 1.165) is 31.9 Å². The summed E-state index contributed by atoms with van der Waals surface area (Å²) >= 11 is 0. The molecule has 5 nitrogen and oxygen atoms in total. The number of amides is 1. The lowest BCUT2D eigenvalue weighted by atomic mass is 10.1. The summed E-state index contributed by atoms with van der Waals surface area (Å²) in [6.07, 6.45) is 0. The largest absolute Gasteiger partial charge is 0.369 e. The van der Waals surface area contributed by atoms with Crippen LogP contribution in [0.15, 0.2) is 48.5 Å². The van der Waals surface area contributed by atoms with Gasteiger partial charge in [0.15, 0.2) is 5.78 Å². The van der Waals surface area contributed by atoms with Crippen LogP contribution in [0.25, 0.3) is 0 Å². The second kappa shape index (κ2) is 8.10. The smallest absolute Gasteiger partial charge is 0.238 e. The van der Waals surface area contributed by atoms with Gasteiger partial charge in [-0.1, -0.05) is 12.1 Å². The molecule has 0 spiro atoms. The van der Waals surface area contributed by atoms with Gasteiger partial charge in [0.05, 0.1) is 6.54 Å². The van der Waals surface area contributed by atoms with Crippen molar-refractivity contribution in [1.82, 2.24) is 4.90 Å². The topological polar surface area (TPSA) is 52.7 Å². The van der Waals surface area contributed by atoms with E-state index in [1.54, 1.807) is 36.4 Å². The zero-order chi connectivity index (χ0) is 18.5. The van der Waals surface area contributed by atoms with E-state index >= 15 is 0 Å². The number of benzene rings is 2. The van der Waals surface area contributed by atoms with Gasteiger partial charge in [0.25, 0.3) is 0 Å². The summed E-state index contributed by atoms with van der Waals surface area (Å²) in [6.45, 7) is 4.91. The second-order valence-corrected chi connectivity index (χ2v) is 6.42.